The van der Waals surface area contributed by atoms with E-state index in [0.29, 0.717) is 5.65 Å². The van der Waals surface area contributed by atoms with E-state index in [0.717, 1.165) is 44.0 Å². The lowest BCUT2D eigenvalue weighted by Crippen LogP contribution is -2.19. The summed E-state index contributed by atoms with van der Waals surface area (Å²) in [4.78, 5) is 14.9. The van der Waals surface area contributed by atoms with E-state index >= 15 is 0 Å². The predicted molar refractivity (Wildman–Crippen MR) is 90.4 cm³/mol. The van der Waals surface area contributed by atoms with E-state index in [2.05, 4.69) is 46.4 Å². The summed E-state index contributed by atoms with van der Waals surface area (Å²) in [5.74, 6) is 1.16. The molecular weight excluding hydrogens is 304 g/mol. The number of fused-ring (bicyclic) bond motifs is 1. The molecule has 0 spiro atoms. The second-order valence-corrected chi connectivity index (χ2v) is 6.38. The van der Waals surface area contributed by atoms with Gasteiger partial charge >= 0.3 is 0 Å². The number of aryl methyl sites for hydroxylation is 1. The van der Waals surface area contributed by atoms with Gasteiger partial charge in [0.15, 0.2) is 0 Å². The van der Waals surface area contributed by atoms with Gasteiger partial charge in [-0.2, -0.15) is 0 Å². The topological polar surface area (TPSA) is 72.3 Å². The Morgan fingerprint density at radius 3 is 2.71 bits per heavy atom. The molecule has 1 saturated heterocycles. The van der Waals surface area contributed by atoms with Gasteiger partial charge in [-0.1, -0.05) is 29.8 Å². The first kappa shape index (κ1) is 15.1. The first-order valence-corrected chi connectivity index (χ1v) is 8.31. The summed E-state index contributed by atoms with van der Waals surface area (Å²) in [5.41, 5.74) is 3.60. The highest BCUT2D eigenvalue weighted by Gasteiger charge is 2.23. The minimum Gasteiger partial charge on any atom is -0.381 e. The van der Waals surface area contributed by atoms with Crippen LogP contribution in [0, 0.1) is 6.92 Å². The SMILES string of the molecule is Cc1ccc(Cc2c[nH]c(=O)c3nnc(C4CCOCC4)n23)cc1. The summed E-state index contributed by atoms with van der Waals surface area (Å²) < 4.78 is 7.38. The summed E-state index contributed by atoms with van der Waals surface area (Å²) in [5, 5.41) is 8.47. The van der Waals surface area contributed by atoms with E-state index in [9.17, 15) is 4.79 Å². The van der Waals surface area contributed by atoms with E-state index < -0.39 is 0 Å². The van der Waals surface area contributed by atoms with Crippen molar-refractivity contribution < 1.29 is 4.74 Å². The van der Waals surface area contributed by atoms with Gasteiger partial charge in [-0.15, -0.1) is 10.2 Å². The zero-order chi connectivity index (χ0) is 16.5. The molecule has 0 unspecified atom stereocenters. The van der Waals surface area contributed by atoms with Crippen molar-refractivity contribution in [2.24, 2.45) is 0 Å². The lowest BCUT2D eigenvalue weighted by molar-refractivity contribution is 0.0833. The molecule has 124 valence electrons. The van der Waals surface area contributed by atoms with Crippen molar-refractivity contribution in [1.82, 2.24) is 19.6 Å². The Morgan fingerprint density at radius 1 is 1.21 bits per heavy atom. The second kappa shape index (κ2) is 6.20. The molecule has 1 aromatic carbocycles. The maximum atomic E-state index is 12.1. The van der Waals surface area contributed by atoms with Gasteiger partial charge in [-0.25, -0.2) is 0 Å². The van der Waals surface area contributed by atoms with Crippen LogP contribution in [0.4, 0.5) is 0 Å². The third-order valence-electron chi connectivity index (χ3n) is 4.64. The normalized spacial score (nSPS) is 15.9. The number of H-pyrrole nitrogens is 1. The highest BCUT2D eigenvalue weighted by Crippen LogP contribution is 2.26. The molecule has 0 amide bonds. The molecule has 2 aromatic heterocycles. The average Bonchev–Trinajstić information content (AvgIpc) is 3.06. The maximum absolute atomic E-state index is 12.1. The van der Waals surface area contributed by atoms with Crippen LogP contribution in [0.15, 0.2) is 35.3 Å². The first-order valence-electron chi connectivity index (χ1n) is 8.31. The Morgan fingerprint density at radius 2 is 1.96 bits per heavy atom. The zero-order valence-electron chi connectivity index (χ0n) is 13.7. The molecule has 0 saturated carbocycles. The van der Waals surface area contributed by atoms with Crippen LogP contribution < -0.4 is 5.56 Å². The maximum Gasteiger partial charge on any atom is 0.293 e. The van der Waals surface area contributed by atoms with E-state index in [-0.39, 0.29) is 11.5 Å². The fraction of sp³-hybridized carbons (Fsp3) is 0.389. The Labute approximate surface area is 139 Å². The van der Waals surface area contributed by atoms with Crippen LogP contribution in [0.3, 0.4) is 0 Å². The number of rotatable bonds is 3. The molecule has 3 aromatic rings. The van der Waals surface area contributed by atoms with Gasteiger partial charge in [0.25, 0.3) is 5.56 Å². The first-order chi connectivity index (χ1) is 11.7. The highest BCUT2D eigenvalue weighted by atomic mass is 16.5. The number of benzene rings is 1. The fourth-order valence-electron chi connectivity index (χ4n) is 3.27. The lowest BCUT2D eigenvalue weighted by atomic mass is 9.99. The monoisotopic (exact) mass is 324 g/mol. The van der Waals surface area contributed by atoms with Crippen LogP contribution in [-0.4, -0.2) is 32.8 Å². The smallest absolute Gasteiger partial charge is 0.293 e. The van der Waals surface area contributed by atoms with Crippen molar-refractivity contribution in [3.05, 3.63) is 63.5 Å². The molecule has 24 heavy (non-hydrogen) atoms. The zero-order valence-corrected chi connectivity index (χ0v) is 13.7. The van der Waals surface area contributed by atoms with Gasteiger partial charge < -0.3 is 9.72 Å². The van der Waals surface area contributed by atoms with E-state index in [1.165, 1.54) is 11.1 Å². The Bertz CT molecular complexity index is 905. The Hall–Kier alpha value is -2.47. The quantitative estimate of drug-likeness (QED) is 0.802. The minimum atomic E-state index is -0.200. The molecule has 4 rings (SSSR count). The number of ether oxygens (including phenoxy) is 1. The number of hydrogen-bond acceptors (Lipinski definition) is 4. The van der Waals surface area contributed by atoms with Gasteiger partial charge in [0.2, 0.25) is 5.65 Å². The van der Waals surface area contributed by atoms with E-state index in [4.69, 9.17) is 4.74 Å². The van der Waals surface area contributed by atoms with Crippen molar-refractivity contribution >= 4 is 5.65 Å². The number of aromatic nitrogens is 4. The van der Waals surface area contributed by atoms with Crippen molar-refractivity contribution in [3.8, 4) is 0 Å². The number of nitrogens with one attached hydrogen (secondary N) is 1. The number of nitrogens with zero attached hydrogens (tertiary/aromatic N) is 3. The molecule has 1 fully saturated rings. The molecule has 0 bridgehead atoms. The molecule has 0 aliphatic carbocycles. The van der Waals surface area contributed by atoms with Crippen LogP contribution >= 0.6 is 0 Å². The number of hydrogen-bond donors (Lipinski definition) is 1. The summed E-state index contributed by atoms with van der Waals surface area (Å²) >= 11 is 0. The van der Waals surface area contributed by atoms with Crippen molar-refractivity contribution in [3.63, 3.8) is 0 Å². The lowest BCUT2D eigenvalue weighted by Gasteiger charge is -2.21. The summed E-state index contributed by atoms with van der Waals surface area (Å²) in [6.07, 6.45) is 4.33. The highest BCUT2D eigenvalue weighted by molar-refractivity contribution is 5.39. The summed E-state index contributed by atoms with van der Waals surface area (Å²) in [6, 6.07) is 8.43. The second-order valence-electron chi connectivity index (χ2n) is 6.38. The molecule has 1 N–H and O–H groups in total. The van der Waals surface area contributed by atoms with Crippen LogP contribution in [0.5, 0.6) is 0 Å². The molecule has 6 nitrogen and oxygen atoms in total. The third kappa shape index (κ3) is 2.73. The van der Waals surface area contributed by atoms with Gasteiger partial charge in [-0.05, 0) is 25.3 Å². The van der Waals surface area contributed by atoms with Crippen LogP contribution in [0.1, 0.15) is 41.4 Å². The molecular formula is C18H20N4O2. The van der Waals surface area contributed by atoms with Crippen molar-refractivity contribution in [1.29, 1.82) is 0 Å². The fourth-order valence-corrected chi connectivity index (χ4v) is 3.27. The molecule has 0 radical (unpaired) electrons. The minimum absolute atomic E-state index is 0.200. The Balaban J connectivity index is 1.79. The summed E-state index contributed by atoms with van der Waals surface area (Å²) in [7, 11) is 0. The van der Waals surface area contributed by atoms with Gasteiger partial charge in [0.1, 0.15) is 5.82 Å². The molecule has 1 aliphatic rings. The van der Waals surface area contributed by atoms with Crippen LogP contribution in [-0.2, 0) is 11.2 Å². The van der Waals surface area contributed by atoms with Crippen molar-refractivity contribution in [2.75, 3.05) is 13.2 Å². The molecule has 1 aliphatic heterocycles. The average molecular weight is 324 g/mol. The van der Waals surface area contributed by atoms with Gasteiger partial charge in [-0.3, -0.25) is 9.20 Å². The van der Waals surface area contributed by atoms with E-state index in [1.54, 1.807) is 6.20 Å². The van der Waals surface area contributed by atoms with Crippen LogP contribution in [0.2, 0.25) is 0 Å². The van der Waals surface area contributed by atoms with E-state index in [1.807, 2.05) is 4.40 Å². The van der Waals surface area contributed by atoms with Gasteiger partial charge in [0, 0.05) is 37.4 Å². The largest absolute Gasteiger partial charge is 0.381 e. The van der Waals surface area contributed by atoms with Gasteiger partial charge in [0.05, 0.1) is 0 Å². The molecule has 0 atom stereocenters. The molecule has 6 heteroatoms. The van der Waals surface area contributed by atoms with Crippen LogP contribution in [0.25, 0.3) is 5.65 Å². The summed E-state index contributed by atoms with van der Waals surface area (Å²) in [6.45, 7) is 3.54. The number of aromatic amines is 1. The third-order valence-corrected chi connectivity index (χ3v) is 4.64. The molecule has 3 heterocycles. The predicted octanol–water partition coefficient (Wildman–Crippen LogP) is 2.21. The van der Waals surface area contributed by atoms with Crippen molar-refractivity contribution in [2.45, 2.75) is 32.1 Å². The standard InChI is InChI=1S/C18H20N4O2/c1-12-2-4-13(5-3-12)10-15-11-19-18(23)17-21-20-16(22(15)17)14-6-8-24-9-7-14/h2-5,11,14H,6-10H2,1H3,(H,19,23). The Kier molecular flexibility index (Phi) is 3.90.